The van der Waals surface area contributed by atoms with E-state index in [1.54, 1.807) is 24.1 Å². The summed E-state index contributed by atoms with van der Waals surface area (Å²) in [5, 5.41) is 0. The molecule has 7 heteroatoms. The molecule has 0 radical (unpaired) electrons. The average molecular weight is 340 g/mol. The Morgan fingerprint density at radius 1 is 1.26 bits per heavy atom. The highest BCUT2D eigenvalue weighted by Crippen LogP contribution is 2.16. The number of hydrogen-bond donors (Lipinski definition) is 1. The average Bonchev–Trinajstić information content (AvgIpc) is 2.59. The first-order valence-corrected chi connectivity index (χ1v) is 9.41. The molecule has 1 saturated heterocycles. The summed E-state index contributed by atoms with van der Waals surface area (Å²) in [7, 11) is -2.03. The van der Waals surface area contributed by atoms with Gasteiger partial charge in [-0.25, -0.2) is 13.1 Å². The zero-order chi connectivity index (χ0) is 16.7. The highest BCUT2D eigenvalue weighted by molar-refractivity contribution is 7.89. The van der Waals surface area contributed by atoms with E-state index in [4.69, 9.17) is 4.74 Å². The molecule has 23 heavy (non-hydrogen) atoms. The number of likely N-dealkylation sites (tertiary alicyclic amines) is 1. The molecule has 0 saturated carbocycles. The summed E-state index contributed by atoms with van der Waals surface area (Å²) < 4.78 is 32.0. The van der Waals surface area contributed by atoms with Crippen LogP contribution in [-0.4, -0.2) is 52.6 Å². The number of nitrogens with one attached hydrogen (secondary N) is 1. The number of sulfonamides is 1. The van der Waals surface area contributed by atoms with E-state index in [9.17, 15) is 13.2 Å². The molecule has 0 atom stereocenters. The summed E-state index contributed by atoms with van der Waals surface area (Å²) in [4.78, 5) is 14.4. The van der Waals surface area contributed by atoms with Gasteiger partial charge in [0.15, 0.2) is 0 Å². The minimum Gasteiger partial charge on any atom is -0.385 e. The molecule has 1 N–H and O–H groups in total. The molecular weight excluding hydrogens is 316 g/mol. The maximum Gasteiger partial charge on any atom is 0.253 e. The molecular formula is C16H24N2O4S. The van der Waals surface area contributed by atoms with Gasteiger partial charge in [-0.05, 0) is 43.9 Å². The summed E-state index contributed by atoms with van der Waals surface area (Å²) in [6, 6.07) is 6.24. The number of amides is 1. The molecule has 2 rings (SSSR count). The van der Waals surface area contributed by atoms with Gasteiger partial charge >= 0.3 is 0 Å². The van der Waals surface area contributed by atoms with Gasteiger partial charge in [0.05, 0.1) is 4.90 Å². The summed E-state index contributed by atoms with van der Waals surface area (Å²) in [6.07, 6.45) is 3.75. The lowest BCUT2D eigenvalue weighted by Crippen LogP contribution is -2.35. The normalized spacial score (nSPS) is 15.6. The quantitative estimate of drug-likeness (QED) is 0.766. The number of carbonyl (C=O) groups excluding carboxylic acids is 1. The van der Waals surface area contributed by atoms with E-state index in [1.165, 1.54) is 12.1 Å². The number of ether oxygens (including phenoxy) is 1. The fourth-order valence-electron chi connectivity index (χ4n) is 2.58. The van der Waals surface area contributed by atoms with Crippen molar-refractivity contribution in [1.82, 2.24) is 9.62 Å². The van der Waals surface area contributed by atoms with Crippen LogP contribution in [-0.2, 0) is 14.8 Å². The standard InChI is InChI=1S/C16H24N2O4S/c1-22-12-6-9-17-23(20,21)15-8-5-7-14(13-15)16(19)18-10-3-2-4-11-18/h5,7-8,13,17H,2-4,6,9-12H2,1H3. The molecule has 1 fully saturated rings. The topological polar surface area (TPSA) is 75.7 Å². The predicted octanol–water partition coefficient (Wildman–Crippen LogP) is 1.63. The van der Waals surface area contributed by atoms with Crippen molar-refractivity contribution in [2.45, 2.75) is 30.6 Å². The first-order valence-electron chi connectivity index (χ1n) is 7.92. The van der Waals surface area contributed by atoms with E-state index in [0.717, 1.165) is 32.4 Å². The number of benzene rings is 1. The van der Waals surface area contributed by atoms with Crippen LogP contribution in [0.15, 0.2) is 29.2 Å². The molecule has 0 bridgehead atoms. The van der Waals surface area contributed by atoms with E-state index in [0.29, 0.717) is 25.1 Å². The smallest absolute Gasteiger partial charge is 0.253 e. The van der Waals surface area contributed by atoms with Crippen molar-refractivity contribution >= 4 is 15.9 Å². The van der Waals surface area contributed by atoms with Crippen molar-refractivity contribution in [3.05, 3.63) is 29.8 Å². The van der Waals surface area contributed by atoms with Gasteiger partial charge in [-0.15, -0.1) is 0 Å². The fraction of sp³-hybridized carbons (Fsp3) is 0.562. The van der Waals surface area contributed by atoms with Crippen molar-refractivity contribution in [1.29, 1.82) is 0 Å². The maximum absolute atomic E-state index is 12.5. The molecule has 1 heterocycles. The van der Waals surface area contributed by atoms with Crippen LogP contribution in [0.25, 0.3) is 0 Å². The Morgan fingerprint density at radius 2 is 2.00 bits per heavy atom. The van der Waals surface area contributed by atoms with Crippen LogP contribution in [0, 0.1) is 0 Å². The number of nitrogens with zero attached hydrogens (tertiary/aromatic N) is 1. The largest absolute Gasteiger partial charge is 0.385 e. The SMILES string of the molecule is COCCCNS(=O)(=O)c1cccc(C(=O)N2CCCCC2)c1. The van der Waals surface area contributed by atoms with Gasteiger partial charge in [-0.2, -0.15) is 0 Å². The molecule has 0 unspecified atom stereocenters. The van der Waals surface area contributed by atoms with Gasteiger partial charge in [0, 0.05) is 38.9 Å². The molecule has 1 amide bonds. The molecule has 1 aliphatic heterocycles. The number of hydrogen-bond acceptors (Lipinski definition) is 4. The number of piperidine rings is 1. The van der Waals surface area contributed by atoms with Crippen LogP contribution >= 0.6 is 0 Å². The second-order valence-corrected chi connectivity index (χ2v) is 7.39. The van der Waals surface area contributed by atoms with Gasteiger partial charge in [0.25, 0.3) is 5.91 Å². The minimum absolute atomic E-state index is 0.0962. The lowest BCUT2D eigenvalue weighted by Gasteiger charge is -2.26. The Balaban J connectivity index is 2.07. The predicted molar refractivity (Wildman–Crippen MR) is 87.9 cm³/mol. The Morgan fingerprint density at radius 3 is 2.70 bits per heavy atom. The van der Waals surface area contributed by atoms with Gasteiger partial charge in [-0.3, -0.25) is 4.79 Å². The zero-order valence-electron chi connectivity index (χ0n) is 13.5. The third kappa shape index (κ3) is 5.02. The van der Waals surface area contributed by atoms with E-state index >= 15 is 0 Å². The molecule has 1 aliphatic rings. The number of rotatable bonds is 7. The summed E-state index contributed by atoms with van der Waals surface area (Å²) in [6.45, 7) is 2.28. The molecule has 1 aromatic carbocycles. The fourth-order valence-corrected chi connectivity index (χ4v) is 3.70. The summed E-state index contributed by atoms with van der Waals surface area (Å²) in [5.74, 6) is -0.0962. The first-order chi connectivity index (χ1) is 11.0. The molecule has 0 aliphatic carbocycles. The molecule has 1 aromatic rings. The lowest BCUT2D eigenvalue weighted by atomic mass is 10.1. The molecule has 0 spiro atoms. The first kappa shape index (κ1) is 17.9. The highest BCUT2D eigenvalue weighted by Gasteiger charge is 2.20. The second-order valence-electron chi connectivity index (χ2n) is 5.62. The van der Waals surface area contributed by atoms with Crippen LogP contribution in [0.4, 0.5) is 0 Å². The van der Waals surface area contributed by atoms with Crippen molar-refractivity contribution in [2.75, 3.05) is 33.4 Å². The molecule has 0 aromatic heterocycles. The maximum atomic E-state index is 12.5. The monoisotopic (exact) mass is 340 g/mol. The van der Waals surface area contributed by atoms with Crippen LogP contribution in [0.2, 0.25) is 0 Å². The Kier molecular flexibility index (Phi) is 6.56. The van der Waals surface area contributed by atoms with E-state index in [1.807, 2.05) is 0 Å². The minimum atomic E-state index is -3.60. The van der Waals surface area contributed by atoms with Crippen molar-refractivity contribution in [3.63, 3.8) is 0 Å². The zero-order valence-corrected chi connectivity index (χ0v) is 14.3. The Hall–Kier alpha value is -1.44. The van der Waals surface area contributed by atoms with Crippen LogP contribution in [0.1, 0.15) is 36.0 Å². The van der Waals surface area contributed by atoms with Crippen LogP contribution < -0.4 is 4.72 Å². The molecule has 128 valence electrons. The number of methoxy groups -OCH3 is 1. The van der Waals surface area contributed by atoms with Gasteiger partial charge in [0.2, 0.25) is 10.0 Å². The van der Waals surface area contributed by atoms with E-state index < -0.39 is 10.0 Å². The third-order valence-electron chi connectivity index (χ3n) is 3.85. The highest BCUT2D eigenvalue weighted by atomic mass is 32.2. The van der Waals surface area contributed by atoms with Gasteiger partial charge in [0.1, 0.15) is 0 Å². The van der Waals surface area contributed by atoms with Gasteiger partial charge < -0.3 is 9.64 Å². The Labute approximate surface area is 137 Å². The van der Waals surface area contributed by atoms with E-state index in [-0.39, 0.29) is 10.8 Å². The Bertz CT molecular complexity index is 625. The second kappa shape index (κ2) is 8.42. The van der Waals surface area contributed by atoms with Gasteiger partial charge in [-0.1, -0.05) is 6.07 Å². The van der Waals surface area contributed by atoms with Crippen LogP contribution in [0.3, 0.4) is 0 Å². The number of carbonyl (C=O) groups is 1. The van der Waals surface area contributed by atoms with Crippen molar-refractivity contribution < 1.29 is 17.9 Å². The van der Waals surface area contributed by atoms with Crippen LogP contribution in [0.5, 0.6) is 0 Å². The summed E-state index contributed by atoms with van der Waals surface area (Å²) in [5.41, 5.74) is 0.423. The summed E-state index contributed by atoms with van der Waals surface area (Å²) >= 11 is 0. The van der Waals surface area contributed by atoms with Crippen molar-refractivity contribution in [2.24, 2.45) is 0 Å². The van der Waals surface area contributed by atoms with E-state index in [2.05, 4.69) is 4.72 Å². The van der Waals surface area contributed by atoms with Crippen molar-refractivity contribution in [3.8, 4) is 0 Å². The molecule has 6 nitrogen and oxygen atoms in total. The lowest BCUT2D eigenvalue weighted by molar-refractivity contribution is 0.0724. The third-order valence-corrected chi connectivity index (χ3v) is 5.31.